The Morgan fingerprint density at radius 1 is 0.588 bits per heavy atom. The molecule has 6 heteroatoms. The minimum absolute atomic E-state index is 0.0163. The van der Waals surface area contributed by atoms with Gasteiger partial charge in [-0.25, -0.2) is 9.13 Å². The first-order valence-electron chi connectivity index (χ1n) is 13.2. The second kappa shape index (κ2) is 16.8. The SMILES string of the molecule is CCCCNC(=O)c1cc[n+](CCCCCCCC[n+]2ccc(C(=O)NCCCC)cc2)cc1. The van der Waals surface area contributed by atoms with Gasteiger partial charge in [0.15, 0.2) is 24.8 Å². The van der Waals surface area contributed by atoms with Crippen molar-refractivity contribution in [3.63, 3.8) is 0 Å². The number of carbonyl (C=O) groups excluding carboxylic acids is 2. The smallest absolute Gasteiger partial charge is 0.251 e. The number of amides is 2. The van der Waals surface area contributed by atoms with Crippen LogP contribution in [0.4, 0.5) is 0 Å². The van der Waals surface area contributed by atoms with Gasteiger partial charge in [-0.3, -0.25) is 9.59 Å². The van der Waals surface area contributed by atoms with Gasteiger partial charge in [-0.15, -0.1) is 0 Å². The number of unbranched alkanes of at least 4 members (excludes halogenated alkanes) is 7. The Bertz CT molecular complexity index is 763. The third-order valence-corrected chi connectivity index (χ3v) is 6.02. The number of nitrogens with zero attached hydrogens (tertiary/aromatic N) is 2. The summed E-state index contributed by atoms with van der Waals surface area (Å²) in [5.74, 6) is 0.0326. The van der Waals surface area contributed by atoms with Gasteiger partial charge in [0.25, 0.3) is 11.8 Å². The molecule has 0 fully saturated rings. The molecule has 6 nitrogen and oxygen atoms in total. The monoisotopic (exact) mass is 468 g/mol. The van der Waals surface area contributed by atoms with Crippen molar-refractivity contribution in [3.05, 3.63) is 60.2 Å². The average Bonchev–Trinajstić information content (AvgIpc) is 2.86. The Labute approximate surface area is 205 Å². The molecule has 0 aliphatic rings. The molecule has 0 saturated heterocycles. The predicted molar refractivity (Wildman–Crippen MR) is 135 cm³/mol. The quantitative estimate of drug-likeness (QED) is 0.268. The molecule has 0 saturated carbocycles. The molecule has 2 amide bonds. The van der Waals surface area contributed by atoms with Crippen molar-refractivity contribution in [1.82, 2.24) is 10.6 Å². The van der Waals surface area contributed by atoms with Crippen molar-refractivity contribution in [1.29, 1.82) is 0 Å². The zero-order valence-electron chi connectivity index (χ0n) is 21.2. The van der Waals surface area contributed by atoms with Crippen LogP contribution in [0, 0.1) is 0 Å². The second-order valence-corrected chi connectivity index (χ2v) is 8.99. The van der Waals surface area contributed by atoms with Crippen molar-refractivity contribution in [2.75, 3.05) is 13.1 Å². The maximum atomic E-state index is 12.1. The van der Waals surface area contributed by atoms with Gasteiger partial charge in [0.05, 0.1) is 11.1 Å². The maximum absolute atomic E-state index is 12.1. The highest BCUT2D eigenvalue weighted by atomic mass is 16.2. The van der Waals surface area contributed by atoms with Crippen LogP contribution in [0.3, 0.4) is 0 Å². The zero-order valence-corrected chi connectivity index (χ0v) is 21.2. The number of aromatic nitrogens is 2. The molecule has 2 rings (SSSR count). The lowest BCUT2D eigenvalue weighted by molar-refractivity contribution is -0.697. The van der Waals surface area contributed by atoms with Gasteiger partial charge in [0.1, 0.15) is 13.1 Å². The Kier molecular flexibility index (Phi) is 13.6. The van der Waals surface area contributed by atoms with Gasteiger partial charge in [-0.2, -0.15) is 0 Å². The molecule has 2 N–H and O–H groups in total. The molecular weight excluding hydrogens is 424 g/mol. The summed E-state index contributed by atoms with van der Waals surface area (Å²) in [7, 11) is 0. The lowest BCUT2D eigenvalue weighted by atomic mass is 10.1. The lowest BCUT2D eigenvalue weighted by Crippen LogP contribution is -2.34. The van der Waals surface area contributed by atoms with E-state index in [0.29, 0.717) is 0 Å². The topological polar surface area (TPSA) is 66.0 Å². The molecule has 0 bridgehead atoms. The summed E-state index contributed by atoms with van der Waals surface area (Å²) in [6.07, 6.45) is 19.5. The fourth-order valence-electron chi connectivity index (χ4n) is 3.77. The second-order valence-electron chi connectivity index (χ2n) is 8.99. The molecule has 0 aromatic carbocycles. The van der Waals surface area contributed by atoms with Crippen molar-refractivity contribution in [3.8, 4) is 0 Å². The number of aryl methyl sites for hydroxylation is 2. The number of hydrogen-bond acceptors (Lipinski definition) is 2. The first-order valence-corrected chi connectivity index (χ1v) is 13.2. The van der Waals surface area contributed by atoms with E-state index in [0.717, 1.165) is 75.8 Å². The molecule has 34 heavy (non-hydrogen) atoms. The third-order valence-electron chi connectivity index (χ3n) is 6.02. The molecule has 0 aliphatic heterocycles. The highest BCUT2D eigenvalue weighted by Gasteiger charge is 2.09. The Balaban J connectivity index is 1.52. The van der Waals surface area contributed by atoms with Gasteiger partial charge in [0.2, 0.25) is 0 Å². The normalized spacial score (nSPS) is 10.8. The fourth-order valence-corrected chi connectivity index (χ4v) is 3.77. The summed E-state index contributed by atoms with van der Waals surface area (Å²) in [4.78, 5) is 24.1. The van der Waals surface area contributed by atoms with E-state index in [1.54, 1.807) is 0 Å². The number of rotatable bonds is 17. The van der Waals surface area contributed by atoms with E-state index in [1.165, 1.54) is 25.7 Å². The summed E-state index contributed by atoms with van der Waals surface area (Å²) in [5, 5.41) is 5.91. The molecule has 0 radical (unpaired) electrons. The zero-order chi connectivity index (χ0) is 24.4. The molecule has 186 valence electrons. The molecular formula is C28H44N4O2+2. The maximum Gasteiger partial charge on any atom is 0.251 e. The van der Waals surface area contributed by atoms with Crippen LogP contribution >= 0.6 is 0 Å². The Morgan fingerprint density at radius 3 is 1.29 bits per heavy atom. The first kappa shape index (κ1) is 27.5. The largest absolute Gasteiger partial charge is 0.352 e. The van der Waals surface area contributed by atoms with E-state index < -0.39 is 0 Å². The van der Waals surface area contributed by atoms with Crippen LogP contribution in [0.5, 0.6) is 0 Å². The molecule has 0 aliphatic carbocycles. The van der Waals surface area contributed by atoms with Gasteiger partial charge in [-0.05, 0) is 25.7 Å². The van der Waals surface area contributed by atoms with Crippen LogP contribution in [0.1, 0.15) is 98.8 Å². The number of hydrogen-bond donors (Lipinski definition) is 2. The minimum atomic E-state index is 0.0163. The minimum Gasteiger partial charge on any atom is -0.352 e. The first-order chi connectivity index (χ1) is 16.6. The highest BCUT2D eigenvalue weighted by Crippen LogP contribution is 2.06. The van der Waals surface area contributed by atoms with Gasteiger partial charge in [0, 0.05) is 50.2 Å². The van der Waals surface area contributed by atoms with Crippen molar-refractivity contribution in [2.24, 2.45) is 0 Å². The summed E-state index contributed by atoms with van der Waals surface area (Å²) in [5.41, 5.74) is 1.46. The van der Waals surface area contributed by atoms with E-state index in [4.69, 9.17) is 0 Å². The van der Waals surface area contributed by atoms with Crippen LogP contribution in [0.25, 0.3) is 0 Å². The molecule has 0 unspecified atom stereocenters. The summed E-state index contributed by atoms with van der Waals surface area (Å²) >= 11 is 0. The lowest BCUT2D eigenvalue weighted by Gasteiger charge is -2.04. The van der Waals surface area contributed by atoms with Gasteiger partial charge >= 0.3 is 0 Å². The van der Waals surface area contributed by atoms with E-state index in [2.05, 4.69) is 33.6 Å². The summed E-state index contributed by atoms with van der Waals surface area (Å²) < 4.78 is 4.32. The number of pyridine rings is 2. The molecule has 2 aromatic heterocycles. The van der Waals surface area contributed by atoms with Gasteiger partial charge < -0.3 is 10.6 Å². The molecule has 0 atom stereocenters. The van der Waals surface area contributed by atoms with Crippen molar-refractivity contribution in [2.45, 2.75) is 91.1 Å². The molecule has 2 aromatic rings. The van der Waals surface area contributed by atoms with Crippen LogP contribution in [-0.4, -0.2) is 24.9 Å². The number of carbonyl (C=O) groups is 2. The van der Waals surface area contributed by atoms with E-state index in [1.807, 2.05) is 49.1 Å². The van der Waals surface area contributed by atoms with Crippen LogP contribution < -0.4 is 19.8 Å². The third kappa shape index (κ3) is 10.9. The Morgan fingerprint density at radius 2 is 0.941 bits per heavy atom. The summed E-state index contributed by atoms with van der Waals surface area (Å²) in [6.45, 7) is 7.71. The molecule has 2 heterocycles. The van der Waals surface area contributed by atoms with E-state index >= 15 is 0 Å². The van der Waals surface area contributed by atoms with E-state index in [-0.39, 0.29) is 11.8 Å². The standard InChI is InChI=1S/C28H42N4O2/c1-3-5-17-29-27(33)25-13-21-31(22-14-25)19-11-9-7-8-10-12-20-32-23-15-26(16-24-32)28(34)30-18-6-4-2/h13-16,21-24H,3-12,17-20H2,1-2H3/p+2. The van der Waals surface area contributed by atoms with Crippen LogP contribution in [0.15, 0.2) is 49.1 Å². The highest BCUT2D eigenvalue weighted by molar-refractivity contribution is 5.94. The average molecular weight is 469 g/mol. The summed E-state index contributed by atoms with van der Waals surface area (Å²) in [6, 6.07) is 7.63. The fraction of sp³-hybridized carbons (Fsp3) is 0.571. The van der Waals surface area contributed by atoms with Crippen molar-refractivity contribution < 1.29 is 18.7 Å². The van der Waals surface area contributed by atoms with Crippen LogP contribution in [-0.2, 0) is 13.1 Å². The van der Waals surface area contributed by atoms with Crippen LogP contribution in [0.2, 0.25) is 0 Å². The van der Waals surface area contributed by atoms with Crippen molar-refractivity contribution >= 4 is 11.8 Å². The number of nitrogens with one attached hydrogen (secondary N) is 2. The predicted octanol–water partition coefficient (Wildman–Crippen LogP) is 4.36. The van der Waals surface area contributed by atoms with Gasteiger partial charge in [-0.1, -0.05) is 39.5 Å². The molecule has 0 spiro atoms. The Hall–Kier alpha value is -2.76. The van der Waals surface area contributed by atoms with E-state index in [9.17, 15) is 9.59 Å².